The molecule has 0 aromatic heterocycles. The second kappa shape index (κ2) is 9.63. The SMILES string of the molecule is C#CCN=S(C)(=O)c1cccc(Oc2cc(Cl)c(N=CN(C)CC)cc2C)c1. The van der Waals surface area contributed by atoms with Gasteiger partial charge in [-0.25, -0.2) is 13.6 Å². The summed E-state index contributed by atoms with van der Waals surface area (Å²) in [6.45, 7) is 4.91. The summed E-state index contributed by atoms with van der Waals surface area (Å²) in [5.74, 6) is 3.53. The molecular weight excluding hydrogens is 394 g/mol. The van der Waals surface area contributed by atoms with Crippen LogP contribution in [0.3, 0.4) is 0 Å². The summed E-state index contributed by atoms with van der Waals surface area (Å²) in [5, 5.41) is 0.487. The second-order valence-electron chi connectivity index (χ2n) is 6.26. The molecule has 0 aliphatic carbocycles. The molecule has 0 bridgehead atoms. The number of nitrogens with zero attached hydrogens (tertiary/aromatic N) is 3. The van der Waals surface area contributed by atoms with Crippen LogP contribution in [0.15, 0.2) is 50.6 Å². The van der Waals surface area contributed by atoms with Crippen LogP contribution in [0, 0.1) is 19.3 Å². The largest absolute Gasteiger partial charge is 0.457 e. The van der Waals surface area contributed by atoms with Crippen LogP contribution < -0.4 is 4.74 Å². The number of halogens is 1. The zero-order valence-electron chi connectivity index (χ0n) is 16.5. The molecule has 7 heteroatoms. The van der Waals surface area contributed by atoms with Crippen molar-refractivity contribution in [2.24, 2.45) is 9.36 Å². The summed E-state index contributed by atoms with van der Waals surface area (Å²) in [7, 11) is -0.637. The fourth-order valence-electron chi connectivity index (χ4n) is 2.23. The Hall–Kier alpha value is -2.49. The standard InChI is InChI=1S/C21H24ClN3O2S/c1-6-11-24-28(5,26)18-10-8-9-17(13-18)27-21-14-19(22)20(12-16(21)3)23-15-25(4)7-2/h1,8-10,12-15H,7,11H2,2-5H3. The average Bonchev–Trinajstić information content (AvgIpc) is 2.67. The van der Waals surface area contributed by atoms with E-state index in [0.29, 0.717) is 27.1 Å². The summed E-state index contributed by atoms with van der Waals surface area (Å²) in [6, 6.07) is 10.6. The maximum absolute atomic E-state index is 12.7. The molecule has 28 heavy (non-hydrogen) atoms. The summed E-state index contributed by atoms with van der Waals surface area (Å²) in [4.78, 5) is 6.92. The Morgan fingerprint density at radius 3 is 2.79 bits per heavy atom. The fraction of sp³-hybridized carbons (Fsp3) is 0.286. The van der Waals surface area contributed by atoms with Gasteiger partial charge in [0.25, 0.3) is 0 Å². The van der Waals surface area contributed by atoms with E-state index < -0.39 is 9.73 Å². The lowest BCUT2D eigenvalue weighted by Gasteiger charge is -2.13. The Kier molecular flexibility index (Phi) is 7.50. The van der Waals surface area contributed by atoms with Crippen LogP contribution in [0.1, 0.15) is 12.5 Å². The van der Waals surface area contributed by atoms with E-state index in [1.807, 2.05) is 31.9 Å². The predicted molar refractivity (Wildman–Crippen MR) is 118 cm³/mol. The molecule has 0 heterocycles. The first-order valence-corrected chi connectivity index (χ1v) is 11.0. The molecule has 0 saturated carbocycles. The molecule has 0 aliphatic heterocycles. The Balaban J connectivity index is 2.31. The molecule has 0 N–H and O–H groups in total. The minimum absolute atomic E-state index is 0.102. The van der Waals surface area contributed by atoms with Crippen molar-refractivity contribution in [3.8, 4) is 23.8 Å². The zero-order chi connectivity index (χ0) is 20.7. The molecule has 1 unspecified atom stereocenters. The molecule has 5 nitrogen and oxygen atoms in total. The van der Waals surface area contributed by atoms with E-state index >= 15 is 0 Å². The second-order valence-corrected chi connectivity index (χ2v) is 9.00. The number of terminal acetylenes is 1. The van der Waals surface area contributed by atoms with Gasteiger partial charge in [0.15, 0.2) is 0 Å². The third kappa shape index (κ3) is 5.75. The Labute approximate surface area is 172 Å². The molecule has 148 valence electrons. The molecule has 0 aliphatic rings. The average molecular weight is 418 g/mol. The Bertz CT molecular complexity index is 1030. The number of aryl methyl sites for hydroxylation is 1. The number of rotatable bonds is 7. The van der Waals surface area contributed by atoms with Crippen LogP contribution in [0.25, 0.3) is 0 Å². The van der Waals surface area contributed by atoms with Crippen molar-refractivity contribution < 1.29 is 8.95 Å². The highest BCUT2D eigenvalue weighted by Crippen LogP contribution is 2.35. The van der Waals surface area contributed by atoms with Crippen molar-refractivity contribution in [1.82, 2.24) is 4.90 Å². The van der Waals surface area contributed by atoms with E-state index in [1.165, 1.54) is 0 Å². The van der Waals surface area contributed by atoms with Gasteiger partial charge < -0.3 is 9.64 Å². The smallest absolute Gasteiger partial charge is 0.131 e. The van der Waals surface area contributed by atoms with Crippen LogP contribution in [0.5, 0.6) is 11.5 Å². The number of hydrogen-bond acceptors (Lipinski definition) is 4. The van der Waals surface area contributed by atoms with E-state index in [4.69, 9.17) is 22.8 Å². The van der Waals surface area contributed by atoms with Crippen molar-refractivity contribution in [2.45, 2.75) is 18.7 Å². The topological polar surface area (TPSA) is 54.3 Å². The van der Waals surface area contributed by atoms with Gasteiger partial charge in [0.05, 0.1) is 31.7 Å². The predicted octanol–water partition coefficient (Wildman–Crippen LogP) is 5.14. The van der Waals surface area contributed by atoms with Gasteiger partial charge in [0.2, 0.25) is 0 Å². The van der Waals surface area contributed by atoms with Crippen molar-refractivity contribution in [2.75, 3.05) is 26.4 Å². The van der Waals surface area contributed by atoms with Crippen molar-refractivity contribution >= 4 is 33.4 Å². The number of aliphatic imine (C=N–C) groups is 1. The van der Waals surface area contributed by atoms with Gasteiger partial charge in [-0.05, 0) is 43.7 Å². The first kappa shape index (κ1) is 21.8. The number of benzene rings is 2. The normalized spacial score (nSPS) is 13.0. The van der Waals surface area contributed by atoms with Crippen LogP contribution in [0.2, 0.25) is 5.02 Å². The molecule has 0 radical (unpaired) electrons. The van der Waals surface area contributed by atoms with Crippen LogP contribution in [-0.4, -0.2) is 41.8 Å². The molecule has 1 atom stereocenters. The van der Waals surface area contributed by atoms with Crippen LogP contribution in [-0.2, 0) is 9.73 Å². The molecule has 0 saturated heterocycles. The highest BCUT2D eigenvalue weighted by Gasteiger charge is 2.10. The lowest BCUT2D eigenvalue weighted by atomic mass is 10.2. The minimum atomic E-state index is -2.58. The van der Waals surface area contributed by atoms with Gasteiger partial charge >= 0.3 is 0 Å². The van der Waals surface area contributed by atoms with Gasteiger partial charge in [-0.1, -0.05) is 23.6 Å². The van der Waals surface area contributed by atoms with E-state index in [9.17, 15) is 4.21 Å². The van der Waals surface area contributed by atoms with E-state index in [1.54, 1.807) is 42.9 Å². The molecule has 0 spiro atoms. The maximum Gasteiger partial charge on any atom is 0.131 e. The highest BCUT2D eigenvalue weighted by atomic mass is 35.5. The molecule has 0 amide bonds. The monoisotopic (exact) mass is 417 g/mol. The summed E-state index contributed by atoms with van der Waals surface area (Å²) in [6.07, 6.45) is 8.52. The quantitative estimate of drug-likeness (QED) is 0.356. The van der Waals surface area contributed by atoms with Crippen LogP contribution >= 0.6 is 11.6 Å². The van der Waals surface area contributed by atoms with Crippen molar-refractivity contribution in [1.29, 1.82) is 0 Å². The van der Waals surface area contributed by atoms with Gasteiger partial charge in [0, 0.05) is 25.9 Å². The Morgan fingerprint density at radius 2 is 2.11 bits per heavy atom. The van der Waals surface area contributed by atoms with Crippen molar-refractivity contribution in [3.63, 3.8) is 0 Å². The number of ether oxygens (including phenoxy) is 1. The lowest BCUT2D eigenvalue weighted by Crippen LogP contribution is -2.14. The first-order chi connectivity index (χ1) is 13.3. The Morgan fingerprint density at radius 1 is 1.36 bits per heavy atom. The van der Waals surface area contributed by atoms with E-state index in [2.05, 4.69) is 15.3 Å². The molecule has 0 fully saturated rings. The third-order valence-electron chi connectivity index (χ3n) is 4.01. The lowest BCUT2D eigenvalue weighted by molar-refractivity contribution is 0.477. The van der Waals surface area contributed by atoms with E-state index in [-0.39, 0.29) is 6.54 Å². The maximum atomic E-state index is 12.7. The molecular formula is C21H24ClN3O2S. The molecule has 2 aromatic rings. The highest BCUT2D eigenvalue weighted by molar-refractivity contribution is 7.93. The molecule has 2 rings (SSSR count). The molecule has 2 aromatic carbocycles. The third-order valence-corrected chi connectivity index (χ3v) is 6.06. The van der Waals surface area contributed by atoms with Gasteiger partial charge in [-0.15, -0.1) is 6.42 Å². The van der Waals surface area contributed by atoms with Gasteiger partial charge in [0.1, 0.15) is 18.0 Å². The van der Waals surface area contributed by atoms with Crippen LogP contribution in [0.4, 0.5) is 5.69 Å². The van der Waals surface area contributed by atoms with Gasteiger partial charge in [-0.3, -0.25) is 0 Å². The minimum Gasteiger partial charge on any atom is -0.457 e. The van der Waals surface area contributed by atoms with Gasteiger partial charge in [-0.2, -0.15) is 0 Å². The summed E-state index contributed by atoms with van der Waals surface area (Å²) in [5.41, 5.74) is 1.56. The van der Waals surface area contributed by atoms with Crippen molar-refractivity contribution in [3.05, 3.63) is 47.0 Å². The number of hydrogen-bond donors (Lipinski definition) is 0. The summed E-state index contributed by atoms with van der Waals surface area (Å²) >= 11 is 6.36. The zero-order valence-corrected chi connectivity index (χ0v) is 18.0. The fourth-order valence-corrected chi connectivity index (χ4v) is 3.57. The first-order valence-electron chi connectivity index (χ1n) is 8.70. The summed E-state index contributed by atoms with van der Waals surface area (Å²) < 4.78 is 22.8. The van der Waals surface area contributed by atoms with E-state index in [0.717, 1.165) is 12.1 Å².